The number of hydrogen-bond donors (Lipinski definition) is 0. The summed E-state index contributed by atoms with van der Waals surface area (Å²) in [5.41, 5.74) is 1.80. The lowest BCUT2D eigenvalue weighted by Crippen LogP contribution is -2.22. The number of rotatable bonds is 2. The number of fused-ring (bicyclic) bond motifs is 3. The number of benzene rings is 1. The van der Waals surface area contributed by atoms with Crippen LogP contribution in [0.3, 0.4) is 0 Å². The van der Waals surface area contributed by atoms with Crippen molar-refractivity contribution in [2.75, 3.05) is 6.26 Å². The number of thioether (sulfide) groups is 1. The number of aromatic nitrogens is 2. The average Bonchev–Trinajstić information content (AvgIpc) is 2.94. The van der Waals surface area contributed by atoms with E-state index in [1.807, 2.05) is 6.26 Å². The minimum atomic E-state index is -0.311. The van der Waals surface area contributed by atoms with Gasteiger partial charge in [-0.15, -0.1) is 11.3 Å². The molecule has 0 bridgehead atoms. The number of hydrogen-bond acceptors (Lipinski definition) is 4. The Kier molecular flexibility index (Phi) is 3.73. The van der Waals surface area contributed by atoms with Gasteiger partial charge in [-0.1, -0.05) is 11.8 Å². The van der Waals surface area contributed by atoms with Crippen molar-refractivity contribution in [2.24, 2.45) is 0 Å². The zero-order chi connectivity index (χ0) is 16.0. The smallest absolute Gasteiger partial charge is 0.267 e. The van der Waals surface area contributed by atoms with Crippen molar-refractivity contribution in [1.82, 2.24) is 9.55 Å². The molecule has 0 unspecified atom stereocenters. The van der Waals surface area contributed by atoms with Crippen LogP contribution in [0.1, 0.15) is 23.3 Å². The molecule has 0 spiro atoms. The first-order valence-electron chi connectivity index (χ1n) is 7.56. The summed E-state index contributed by atoms with van der Waals surface area (Å²) < 4.78 is 14.8. The predicted molar refractivity (Wildman–Crippen MR) is 93.6 cm³/mol. The van der Waals surface area contributed by atoms with E-state index in [4.69, 9.17) is 4.98 Å². The molecule has 0 fully saturated rings. The monoisotopic (exact) mass is 346 g/mol. The van der Waals surface area contributed by atoms with Gasteiger partial charge in [-0.3, -0.25) is 9.36 Å². The Labute approximate surface area is 141 Å². The van der Waals surface area contributed by atoms with Gasteiger partial charge in [0.25, 0.3) is 5.56 Å². The number of aryl methyl sites for hydroxylation is 2. The molecule has 2 heterocycles. The quantitative estimate of drug-likeness (QED) is 0.515. The van der Waals surface area contributed by atoms with Crippen molar-refractivity contribution in [2.45, 2.75) is 30.8 Å². The van der Waals surface area contributed by atoms with Crippen molar-refractivity contribution >= 4 is 33.3 Å². The fourth-order valence-electron chi connectivity index (χ4n) is 3.14. The summed E-state index contributed by atoms with van der Waals surface area (Å²) in [6.45, 7) is 0. The van der Waals surface area contributed by atoms with Crippen LogP contribution in [0.2, 0.25) is 0 Å². The van der Waals surface area contributed by atoms with E-state index < -0.39 is 0 Å². The molecule has 3 aromatic rings. The lowest BCUT2D eigenvalue weighted by atomic mass is 9.97. The van der Waals surface area contributed by atoms with Gasteiger partial charge in [0.05, 0.1) is 11.1 Å². The van der Waals surface area contributed by atoms with Crippen LogP contribution >= 0.6 is 23.1 Å². The maximum absolute atomic E-state index is 13.2. The zero-order valence-corrected chi connectivity index (χ0v) is 14.3. The van der Waals surface area contributed by atoms with Gasteiger partial charge in [-0.05, 0) is 61.8 Å². The van der Waals surface area contributed by atoms with E-state index in [0.717, 1.165) is 29.5 Å². The Morgan fingerprint density at radius 1 is 1.22 bits per heavy atom. The highest BCUT2D eigenvalue weighted by Crippen LogP contribution is 2.34. The summed E-state index contributed by atoms with van der Waals surface area (Å²) in [4.78, 5) is 20.0. The van der Waals surface area contributed by atoms with Crippen LogP contribution in [-0.2, 0) is 12.8 Å². The third-order valence-corrected chi connectivity index (χ3v) is 6.05. The van der Waals surface area contributed by atoms with Gasteiger partial charge < -0.3 is 0 Å². The molecule has 0 N–H and O–H groups in total. The lowest BCUT2D eigenvalue weighted by molar-refractivity contribution is 0.627. The number of halogens is 1. The van der Waals surface area contributed by atoms with E-state index in [0.29, 0.717) is 10.8 Å². The normalized spacial score (nSPS) is 14.2. The third-order valence-electron chi connectivity index (χ3n) is 4.23. The molecule has 0 amide bonds. The van der Waals surface area contributed by atoms with E-state index in [1.54, 1.807) is 28.0 Å². The van der Waals surface area contributed by atoms with E-state index in [1.165, 1.54) is 40.8 Å². The third kappa shape index (κ3) is 2.40. The first-order valence-corrected chi connectivity index (χ1v) is 9.60. The highest BCUT2D eigenvalue weighted by Gasteiger charge is 2.22. The fourth-order valence-corrected chi connectivity index (χ4v) is 5.00. The van der Waals surface area contributed by atoms with Crippen molar-refractivity contribution < 1.29 is 4.39 Å². The molecular weight excluding hydrogens is 331 g/mol. The molecular formula is C17H15FN2OS2. The standard InChI is InChI=1S/C17H15FN2OS2/c1-22-17-19-15-14(12-4-2-3-5-13(12)23-15)16(21)20(17)11-8-6-10(18)7-9-11/h6-9H,2-5H2,1H3. The second kappa shape index (κ2) is 5.76. The van der Waals surface area contributed by atoms with Crippen molar-refractivity contribution in [3.05, 3.63) is 50.9 Å². The largest absolute Gasteiger partial charge is 0.268 e. The topological polar surface area (TPSA) is 34.9 Å². The van der Waals surface area contributed by atoms with Gasteiger partial charge in [0.15, 0.2) is 5.16 Å². The second-order valence-corrected chi connectivity index (χ2v) is 7.46. The molecule has 4 rings (SSSR count). The Morgan fingerprint density at radius 2 is 1.96 bits per heavy atom. The summed E-state index contributed by atoms with van der Waals surface area (Å²) >= 11 is 3.09. The summed E-state index contributed by atoms with van der Waals surface area (Å²) in [6.07, 6.45) is 6.21. The number of thiophene rings is 1. The molecule has 1 aromatic carbocycles. The maximum atomic E-state index is 13.2. The highest BCUT2D eigenvalue weighted by atomic mass is 32.2. The summed E-state index contributed by atoms with van der Waals surface area (Å²) in [5.74, 6) is -0.311. The Balaban J connectivity index is 2.04. The van der Waals surface area contributed by atoms with E-state index in [9.17, 15) is 9.18 Å². The van der Waals surface area contributed by atoms with Crippen molar-refractivity contribution in [3.63, 3.8) is 0 Å². The Bertz CT molecular complexity index is 944. The zero-order valence-electron chi connectivity index (χ0n) is 12.6. The molecule has 0 saturated carbocycles. The Hall–Kier alpha value is -1.66. The summed E-state index contributed by atoms with van der Waals surface area (Å²) in [5, 5.41) is 1.40. The van der Waals surface area contributed by atoms with Crippen LogP contribution in [0.15, 0.2) is 34.2 Å². The Morgan fingerprint density at radius 3 is 2.70 bits per heavy atom. The molecule has 2 aromatic heterocycles. The van der Waals surface area contributed by atoms with Gasteiger partial charge >= 0.3 is 0 Å². The maximum Gasteiger partial charge on any atom is 0.267 e. The molecule has 0 atom stereocenters. The average molecular weight is 346 g/mol. The molecule has 0 aliphatic heterocycles. The molecule has 0 radical (unpaired) electrons. The first-order chi connectivity index (χ1) is 11.2. The van der Waals surface area contributed by atoms with Crippen LogP contribution < -0.4 is 5.56 Å². The van der Waals surface area contributed by atoms with Crippen molar-refractivity contribution in [1.29, 1.82) is 0 Å². The molecule has 23 heavy (non-hydrogen) atoms. The van der Waals surface area contributed by atoms with Crippen molar-refractivity contribution in [3.8, 4) is 5.69 Å². The molecule has 118 valence electrons. The first kappa shape index (κ1) is 14.9. The van der Waals surface area contributed by atoms with Gasteiger partial charge in [0.2, 0.25) is 0 Å². The molecule has 0 saturated heterocycles. The van der Waals surface area contributed by atoms with Gasteiger partial charge in [-0.25, -0.2) is 9.37 Å². The minimum Gasteiger partial charge on any atom is -0.268 e. The van der Waals surface area contributed by atoms with E-state index in [2.05, 4.69) is 0 Å². The summed E-state index contributed by atoms with van der Waals surface area (Å²) in [7, 11) is 0. The van der Waals surface area contributed by atoms with Crippen LogP contribution in [0.4, 0.5) is 4.39 Å². The van der Waals surface area contributed by atoms with Gasteiger partial charge in [-0.2, -0.15) is 0 Å². The SMILES string of the molecule is CSc1nc2sc3c(c2c(=O)n1-c1ccc(F)cc1)CCCC3. The van der Waals surface area contributed by atoms with Gasteiger partial charge in [0, 0.05) is 4.88 Å². The fraction of sp³-hybridized carbons (Fsp3) is 0.294. The second-order valence-electron chi connectivity index (χ2n) is 5.61. The van der Waals surface area contributed by atoms with Crippen LogP contribution in [0.5, 0.6) is 0 Å². The van der Waals surface area contributed by atoms with Crippen LogP contribution in [-0.4, -0.2) is 15.8 Å². The molecule has 3 nitrogen and oxygen atoms in total. The molecule has 1 aliphatic rings. The van der Waals surface area contributed by atoms with E-state index in [-0.39, 0.29) is 11.4 Å². The minimum absolute atomic E-state index is 0.0367. The highest BCUT2D eigenvalue weighted by molar-refractivity contribution is 7.98. The molecule has 1 aliphatic carbocycles. The lowest BCUT2D eigenvalue weighted by Gasteiger charge is -2.12. The predicted octanol–water partition coefficient (Wildman–Crippen LogP) is 4.19. The summed E-state index contributed by atoms with van der Waals surface area (Å²) in [6, 6.07) is 6.00. The molecule has 6 heteroatoms. The van der Waals surface area contributed by atoms with Crippen LogP contribution in [0.25, 0.3) is 15.9 Å². The van der Waals surface area contributed by atoms with E-state index >= 15 is 0 Å². The van der Waals surface area contributed by atoms with Gasteiger partial charge in [0.1, 0.15) is 10.6 Å². The van der Waals surface area contributed by atoms with Crippen LogP contribution in [0, 0.1) is 5.82 Å². The number of nitrogens with zero attached hydrogens (tertiary/aromatic N) is 2.